The van der Waals surface area contributed by atoms with Crippen LogP contribution < -0.4 is 10.6 Å². The van der Waals surface area contributed by atoms with Crippen molar-refractivity contribution in [3.63, 3.8) is 0 Å². The van der Waals surface area contributed by atoms with Gasteiger partial charge in [-0.25, -0.2) is 0 Å². The number of carbonyl (C=O) groups is 2. The molecule has 21 heavy (non-hydrogen) atoms. The molecule has 1 aliphatic rings. The molecule has 0 aromatic carbocycles. The molecule has 1 atom stereocenters. The van der Waals surface area contributed by atoms with Crippen LogP contribution >= 0.6 is 0 Å². The zero-order valence-electron chi connectivity index (χ0n) is 12.3. The van der Waals surface area contributed by atoms with E-state index < -0.39 is 0 Å². The number of methoxy groups -OCH3 is 1. The van der Waals surface area contributed by atoms with Gasteiger partial charge in [0.05, 0.1) is 13.2 Å². The smallest absolute Gasteiger partial charge is 0.305 e. The average Bonchev–Trinajstić information content (AvgIpc) is 3.02. The van der Waals surface area contributed by atoms with E-state index in [1.807, 2.05) is 10.9 Å². The molecule has 7 nitrogen and oxygen atoms in total. The van der Waals surface area contributed by atoms with E-state index in [0.717, 1.165) is 25.9 Å². The minimum Gasteiger partial charge on any atom is -0.469 e. The highest BCUT2D eigenvalue weighted by atomic mass is 16.5. The third-order valence-corrected chi connectivity index (χ3v) is 3.56. The van der Waals surface area contributed by atoms with Crippen molar-refractivity contribution in [2.24, 2.45) is 0 Å². The number of rotatable bonds is 6. The maximum absolute atomic E-state index is 11.9. The largest absolute Gasteiger partial charge is 0.469 e. The lowest BCUT2D eigenvalue weighted by Crippen LogP contribution is -2.32. The Hall–Kier alpha value is -1.89. The Bertz CT molecular complexity index is 480. The first kappa shape index (κ1) is 15.5. The number of ether oxygens (including phenoxy) is 1. The van der Waals surface area contributed by atoms with Crippen molar-refractivity contribution in [2.75, 3.05) is 26.7 Å². The minimum absolute atomic E-state index is 0.206. The van der Waals surface area contributed by atoms with Gasteiger partial charge in [-0.05, 0) is 31.9 Å². The van der Waals surface area contributed by atoms with Crippen LogP contribution in [-0.4, -0.2) is 48.4 Å². The second-order valence-electron chi connectivity index (χ2n) is 5.12. The van der Waals surface area contributed by atoms with Gasteiger partial charge in [0.25, 0.3) is 5.91 Å². The number of nitrogens with zero attached hydrogens (tertiary/aromatic N) is 2. The molecule has 1 unspecified atom stereocenters. The van der Waals surface area contributed by atoms with Gasteiger partial charge in [-0.1, -0.05) is 0 Å². The first-order valence-corrected chi connectivity index (χ1v) is 7.31. The van der Waals surface area contributed by atoms with Crippen LogP contribution in [0.2, 0.25) is 0 Å². The van der Waals surface area contributed by atoms with Gasteiger partial charge in [0.2, 0.25) is 0 Å². The second kappa shape index (κ2) is 7.78. The minimum atomic E-state index is -0.265. The Morgan fingerprint density at radius 3 is 3.14 bits per heavy atom. The van der Waals surface area contributed by atoms with Crippen molar-refractivity contribution in [1.29, 1.82) is 0 Å². The molecule has 116 valence electrons. The van der Waals surface area contributed by atoms with Crippen LogP contribution in [0.4, 0.5) is 0 Å². The summed E-state index contributed by atoms with van der Waals surface area (Å²) in [5, 5.41) is 10.4. The Labute approximate surface area is 124 Å². The third kappa shape index (κ3) is 4.56. The zero-order chi connectivity index (χ0) is 15.1. The maximum atomic E-state index is 11.9. The number of amides is 1. The summed E-state index contributed by atoms with van der Waals surface area (Å²) in [5.41, 5.74) is 0.415. The van der Waals surface area contributed by atoms with Gasteiger partial charge in [-0.15, -0.1) is 0 Å². The summed E-state index contributed by atoms with van der Waals surface area (Å²) in [6.07, 6.45) is 4.92. The van der Waals surface area contributed by atoms with E-state index in [1.165, 1.54) is 7.11 Å². The number of hydrogen-bond acceptors (Lipinski definition) is 5. The fourth-order valence-electron chi connectivity index (χ4n) is 2.35. The molecule has 0 bridgehead atoms. The summed E-state index contributed by atoms with van der Waals surface area (Å²) in [6.45, 7) is 2.37. The highest BCUT2D eigenvalue weighted by molar-refractivity contribution is 5.92. The fourth-order valence-corrected chi connectivity index (χ4v) is 2.35. The lowest BCUT2D eigenvalue weighted by Gasteiger charge is -2.22. The summed E-state index contributed by atoms with van der Waals surface area (Å²) in [7, 11) is 1.35. The van der Waals surface area contributed by atoms with Crippen LogP contribution in [0.1, 0.15) is 42.2 Å². The van der Waals surface area contributed by atoms with Crippen molar-refractivity contribution in [2.45, 2.75) is 31.7 Å². The molecule has 0 saturated carbocycles. The number of nitrogens with one attached hydrogen (secondary N) is 2. The lowest BCUT2D eigenvalue weighted by molar-refractivity contribution is -0.140. The maximum Gasteiger partial charge on any atom is 0.305 e. The number of piperidine rings is 1. The van der Waals surface area contributed by atoms with Crippen molar-refractivity contribution in [3.05, 3.63) is 18.0 Å². The standard InChI is InChI=1S/C14H22N4O3/c1-21-13(19)5-3-8-16-14(20)12-6-9-18(17-12)11-4-2-7-15-10-11/h6,9,11,15H,2-5,7-8,10H2,1H3,(H,16,20). The molecule has 0 radical (unpaired) electrons. The van der Waals surface area contributed by atoms with Crippen LogP contribution in [0, 0.1) is 0 Å². The molecule has 2 rings (SSSR count). The highest BCUT2D eigenvalue weighted by Gasteiger charge is 2.17. The summed E-state index contributed by atoms with van der Waals surface area (Å²) in [4.78, 5) is 22.9. The molecular formula is C14H22N4O3. The summed E-state index contributed by atoms with van der Waals surface area (Å²) in [5.74, 6) is -0.472. The van der Waals surface area contributed by atoms with Crippen molar-refractivity contribution in [1.82, 2.24) is 20.4 Å². The Morgan fingerprint density at radius 1 is 1.57 bits per heavy atom. The van der Waals surface area contributed by atoms with Crippen molar-refractivity contribution >= 4 is 11.9 Å². The number of carbonyl (C=O) groups excluding carboxylic acids is 2. The topological polar surface area (TPSA) is 85.2 Å². The molecule has 2 N–H and O–H groups in total. The fraction of sp³-hybridized carbons (Fsp3) is 0.643. The number of aromatic nitrogens is 2. The molecule has 1 aliphatic heterocycles. The van der Waals surface area contributed by atoms with Crippen LogP contribution in [0.3, 0.4) is 0 Å². The molecule has 0 aliphatic carbocycles. The van der Waals surface area contributed by atoms with E-state index in [4.69, 9.17) is 0 Å². The number of esters is 1. The van der Waals surface area contributed by atoms with Gasteiger partial charge in [-0.2, -0.15) is 5.10 Å². The molecule has 1 fully saturated rings. The van der Waals surface area contributed by atoms with Gasteiger partial charge < -0.3 is 15.4 Å². The van der Waals surface area contributed by atoms with Crippen molar-refractivity contribution < 1.29 is 14.3 Å². The van der Waals surface area contributed by atoms with Crippen LogP contribution in [0.5, 0.6) is 0 Å². The van der Waals surface area contributed by atoms with Crippen molar-refractivity contribution in [3.8, 4) is 0 Å². The van der Waals surface area contributed by atoms with Crippen LogP contribution in [-0.2, 0) is 9.53 Å². The molecule has 1 aromatic heterocycles. The summed E-state index contributed by atoms with van der Waals surface area (Å²) < 4.78 is 6.40. The van der Waals surface area contributed by atoms with E-state index in [0.29, 0.717) is 31.1 Å². The lowest BCUT2D eigenvalue weighted by atomic mass is 10.1. The molecule has 1 aromatic rings. The number of hydrogen-bond donors (Lipinski definition) is 2. The van der Waals surface area contributed by atoms with E-state index in [2.05, 4.69) is 20.5 Å². The Morgan fingerprint density at radius 2 is 2.43 bits per heavy atom. The Balaban J connectivity index is 1.77. The summed E-state index contributed by atoms with van der Waals surface area (Å²) >= 11 is 0. The van der Waals surface area contributed by atoms with E-state index >= 15 is 0 Å². The molecule has 7 heteroatoms. The molecule has 2 heterocycles. The average molecular weight is 294 g/mol. The predicted molar refractivity (Wildman–Crippen MR) is 77.0 cm³/mol. The third-order valence-electron chi connectivity index (χ3n) is 3.56. The van der Waals surface area contributed by atoms with Crippen LogP contribution in [0.15, 0.2) is 12.3 Å². The van der Waals surface area contributed by atoms with Gasteiger partial charge >= 0.3 is 5.97 Å². The van der Waals surface area contributed by atoms with E-state index in [-0.39, 0.29) is 11.9 Å². The van der Waals surface area contributed by atoms with Gasteiger partial charge in [0.1, 0.15) is 5.69 Å². The SMILES string of the molecule is COC(=O)CCCNC(=O)c1ccn(C2CCCNC2)n1. The highest BCUT2D eigenvalue weighted by Crippen LogP contribution is 2.15. The molecular weight excluding hydrogens is 272 g/mol. The second-order valence-corrected chi connectivity index (χ2v) is 5.12. The van der Waals surface area contributed by atoms with E-state index in [1.54, 1.807) is 6.07 Å². The Kier molecular flexibility index (Phi) is 5.74. The quantitative estimate of drug-likeness (QED) is 0.589. The first-order valence-electron chi connectivity index (χ1n) is 7.31. The summed E-state index contributed by atoms with van der Waals surface area (Å²) in [6, 6.07) is 2.05. The molecule has 1 amide bonds. The predicted octanol–water partition coefficient (Wildman–Crippen LogP) is 0.491. The van der Waals surface area contributed by atoms with Crippen LogP contribution in [0.25, 0.3) is 0 Å². The first-order chi connectivity index (χ1) is 10.2. The monoisotopic (exact) mass is 294 g/mol. The van der Waals surface area contributed by atoms with Gasteiger partial charge in [0, 0.05) is 25.7 Å². The normalized spacial score (nSPS) is 18.2. The van der Waals surface area contributed by atoms with E-state index in [9.17, 15) is 9.59 Å². The van der Waals surface area contributed by atoms with Gasteiger partial charge in [-0.3, -0.25) is 14.3 Å². The van der Waals surface area contributed by atoms with Gasteiger partial charge in [0.15, 0.2) is 0 Å². The zero-order valence-corrected chi connectivity index (χ0v) is 12.3. The molecule has 0 spiro atoms. The molecule has 1 saturated heterocycles.